The van der Waals surface area contributed by atoms with E-state index in [2.05, 4.69) is 10.1 Å². The summed E-state index contributed by atoms with van der Waals surface area (Å²) in [5.74, 6) is -3.79. The molecule has 0 aliphatic heterocycles. The second kappa shape index (κ2) is 6.12. The van der Waals surface area contributed by atoms with Gasteiger partial charge in [0.1, 0.15) is 5.82 Å². The molecule has 0 aliphatic rings. The first-order valence-electron chi connectivity index (χ1n) is 5.08. The lowest BCUT2D eigenvalue weighted by molar-refractivity contribution is -0.142. The van der Waals surface area contributed by atoms with Gasteiger partial charge in [-0.3, -0.25) is 4.79 Å². The van der Waals surface area contributed by atoms with Crippen molar-refractivity contribution in [1.82, 2.24) is 0 Å². The van der Waals surface area contributed by atoms with E-state index in [4.69, 9.17) is 0 Å². The molecule has 0 aliphatic carbocycles. The van der Waals surface area contributed by atoms with Crippen LogP contribution in [0.5, 0.6) is 0 Å². The summed E-state index contributed by atoms with van der Waals surface area (Å²) >= 11 is 0. The number of hydrogen-bond acceptors (Lipinski definition) is 3. The van der Waals surface area contributed by atoms with Crippen LogP contribution in [-0.2, 0) is 9.53 Å². The van der Waals surface area contributed by atoms with Gasteiger partial charge in [0.2, 0.25) is 0 Å². The zero-order chi connectivity index (χ0) is 12.8. The molecule has 1 aromatic carbocycles. The Morgan fingerprint density at radius 2 is 2.06 bits per heavy atom. The van der Waals surface area contributed by atoms with Gasteiger partial charge in [0.25, 0.3) is 0 Å². The summed E-state index contributed by atoms with van der Waals surface area (Å²) in [4.78, 5) is 10.9. The second-order valence-electron chi connectivity index (χ2n) is 3.23. The number of ether oxygens (including phenoxy) is 1. The molecule has 0 amide bonds. The van der Waals surface area contributed by atoms with Gasteiger partial charge in [-0.05, 0) is 6.92 Å². The van der Waals surface area contributed by atoms with Crippen molar-refractivity contribution in [1.29, 1.82) is 0 Å². The molecule has 0 heterocycles. The summed E-state index contributed by atoms with van der Waals surface area (Å²) in [5.41, 5.74) is -0.313. The SMILES string of the molecule is CCOC(=O)CCNc1cc(F)cc(F)c1F. The van der Waals surface area contributed by atoms with Crippen LogP contribution in [0.25, 0.3) is 0 Å². The Morgan fingerprint density at radius 1 is 1.35 bits per heavy atom. The predicted molar refractivity (Wildman–Crippen MR) is 56.1 cm³/mol. The van der Waals surface area contributed by atoms with E-state index >= 15 is 0 Å². The Labute approximate surface area is 96.6 Å². The highest BCUT2D eigenvalue weighted by Crippen LogP contribution is 2.18. The number of nitrogens with one attached hydrogen (secondary N) is 1. The van der Waals surface area contributed by atoms with E-state index in [9.17, 15) is 18.0 Å². The summed E-state index contributed by atoms with van der Waals surface area (Å²) in [6.45, 7) is 1.95. The van der Waals surface area contributed by atoms with E-state index in [-0.39, 0.29) is 25.3 Å². The Morgan fingerprint density at radius 3 is 2.71 bits per heavy atom. The van der Waals surface area contributed by atoms with Gasteiger partial charge in [0.15, 0.2) is 11.6 Å². The summed E-state index contributed by atoms with van der Waals surface area (Å²) in [5, 5.41) is 2.43. The van der Waals surface area contributed by atoms with E-state index in [0.717, 1.165) is 6.07 Å². The lowest BCUT2D eigenvalue weighted by Gasteiger charge is -2.07. The predicted octanol–water partition coefficient (Wildman–Crippen LogP) is 2.47. The number of anilines is 1. The Hall–Kier alpha value is -1.72. The second-order valence-corrected chi connectivity index (χ2v) is 3.23. The summed E-state index contributed by atoms with van der Waals surface area (Å²) in [7, 11) is 0. The highest BCUT2D eigenvalue weighted by Gasteiger charge is 2.11. The number of hydrogen-bond donors (Lipinski definition) is 1. The molecule has 1 aromatic rings. The molecule has 17 heavy (non-hydrogen) atoms. The van der Waals surface area contributed by atoms with Crippen LogP contribution in [-0.4, -0.2) is 19.1 Å². The minimum atomic E-state index is -1.27. The molecule has 0 saturated carbocycles. The van der Waals surface area contributed by atoms with Crippen LogP contribution < -0.4 is 5.32 Å². The van der Waals surface area contributed by atoms with Crippen LogP contribution in [0.4, 0.5) is 18.9 Å². The quantitative estimate of drug-likeness (QED) is 0.641. The van der Waals surface area contributed by atoms with Crippen LogP contribution in [0.2, 0.25) is 0 Å². The number of rotatable bonds is 5. The third-order valence-corrected chi connectivity index (χ3v) is 1.94. The van der Waals surface area contributed by atoms with Gasteiger partial charge in [-0.2, -0.15) is 0 Å². The zero-order valence-corrected chi connectivity index (χ0v) is 9.23. The molecule has 3 nitrogen and oxygen atoms in total. The van der Waals surface area contributed by atoms with Crippen LogP contribution >= 0.6 is 0 Å². The zero-order valence-electron chi connectivity index (χ0n) is 9.23. The third-order valence-electron chi connectivity index (χ3n) is 1.94. The highest BCUT2D eigenvalue weighted by molar-refractivity contribution is 5.70. The molecule has 0 saturated heterocycles. The molecule has 94 valence electrons. The first-order chi connectivity index (χ1) is 8.04. The largest absolute Gasteiger partial charge is 0.466 e. The smallest absolute Gasteiger partial charge is 0.307 e. The van der Waals surface area contributed by atoms with Crippen LogP contribution in [0, 0.1) is 17.5 Å². The fourth-order valence-electron chi connectivity index (χ4n) is 1.22. The van der Waals surface area contributed by atoms with E-state index in [1.165, 1.54) is 0 Å². The fourth-order valence-corrected chi connectivity index (χ4v) is 1.22. The average Bonchev–Trinajstić information content (AvgIpc) is 2.25. The molecule has 0 aromatic heterocycles. The Bertz CT molecular complexity index is 410. The van der Waals surface area contributed by atoms with Crippen molar-refractivity contribution >= 4 is 11.7 Å². The third kappa shape index (κ3) is 3.97. The first kappa shape index (κ1) is 13.3. The van der Waals surface area contributed by atoms with E-state index in [0.29, 0.717) is 6.07 Å². The van der Waals surface area contributed by atoms with Gasteiger partial charge in [0.05, 0.1) is 18.7 Å². The molecule has 1 rings (SSSR count). The van der Waals surface area contributed by atoms with Crippen molar-refractivity contribution in [2.75, 3.05) is 18.5 Å². The van der Waals surface area contributed by atoms with Crippen LogP contribution in [0.1, 0.15) is 13.3 Å². The van der Waals surface area contributed by atoms with E-state index in [1.807, 2.05) is 0 Å². The maximum atomic E-state index is 13.1. The monoisotopic (exact) mass is 247 g/mol. The van der Waals surface area contributed by atoms with Crippen LogP contribution in [0.3, 0.4) is 0 Å². The minimum absolute atomic E-state index is 0.00852. The van der Waals surface area contributed by atoms with Crippen LogP contribution in [0.15, 0.2) is 12.1 Å². The van der Waals surface area contributed by atoms with Crippen molar-refractivity contribution < 1.29 is 22.7 Å². The number of carbonyl (C=O) groups excluding carboxylic acids is 1. The lowest BCUT2D eigenvalue weighted by atomic mass is 10.2. The number of benzene rings is 1. The van der Waals surface area contributed by atoms with Gasteiger partial charge in [0, 0.05) is 18.7 Å². The molecule has 0 spiro atoms. The molecule has 0 atom stereocenters. The van der Waals surface area contributed by atoms with Gasteiger partial charge in [-0.1, -0.05) is 0 Å². The lowest BCUT2D eigenvalue weighted by Crippen LogP contribution is -2.12. The van der Waals surface area contributed by atoms with Crippen molar-refractivity contribution in [3.63, 3.8) is 0 Å². The summed E-state index contributed by atoms with van der Waals surface area (Å²) < 4.78 is 43.3. The van der Waals surface area contributed by atoms with Gasteiger partial charge in [-0.25, -0.2) is 13.2 Å². The van der Waals surface area contributed by atoms with Crippen molar-refractivity contribution in [2.24, 2.45) is 0 Å². The fraction of sp³-hybridized carbons (Fsp3) is 0.364. The minimum Gasteiger partial charge on any atom is -0.466 e. The van der Waals surface area contributed by atoms with E-state index in [1.54, 1.807) is 6.92 Å². The molecule has 0 bridgehead atoms. The Kier molecular flexibility index (Phi) is 4.81. The summed E-state index contributed by atoms with van der Waals surface area (Å²) in [6, 6.07) is 1.27. The maximum absolute atomic E-state index is 13.1. The van der Waals surface area contributed by atoms with E-state index < -0.39 is 23.4 Å². The molecule has 6 heteroatoms. The maximum Gasteiger partial charge on any atom is 0.307 e. The van der Waals surface area contributed by atoms with Gasteiger partial charge < -0.3 is 10.1 Å². The standard InChI is InChI=1S/C11H12F3NO2/c1-2-17-10(16)3-4-15-9-6-7(12)5-8(13)11(9)14/h5-6,15H,2-4H2,1H3. The normalized spacial score (nSPS) is 10.1. The topological polar surface area (TPSA) is 38.3 Å². The van der Waals surface area contributed by atoms with Gasteiger partial charge in [-0.15, -0.1) is 0 Å². The average molecular weight is 247 g/mol. The van der Waals surface area contributed by atoms with Crippen molar-refractivity contribution in [3.8, 4) is 0 Å². The molecule has 0 unspecified atom stereocenters. The molecule has 0 fully saturated rings. The molecular weight excluding hydrogens is 235 g/mol. The number of esters is 1. The Balaban J connectivity index is 2.55. The molecule has 0 radical (unpaired) electrons. The first-order valence-corrected chi connectivity index (χ1v) is 5.08. The summed E-state index contributed by atoms with van der Waals surface area (Å²) in [6.07, 6.45) is -0.00852. The highest BCUT2D eigenvalue weighted by atomic mass is 19.2. The van der Waals surface area contributed by atoms with Crippen molar-refractivity contribution in [2.45, 2.75) is 13.3 Å². The molecule has 1 N–H and O–H groups in total. The van der Waals surface area contributed by atoms with Gasteiger partial charge >= 0.3 is 5.97 Å². The van der Waals surface area contributed by atoms with Crippen molar-refractivity contribution in [3.05, 3.63) is 29.6 Å². The number of carbonyl (C=O) groups is 1. The molecular formula is C11H12F3NO2. The number of halogens is 3.